The Bertz CT molecular complexity index is 1530. The Labute approximate surface area is 232 Å². The summed E-state index contributed by atoms with van der Waals surface area (Å²) in [6.07, 6.45) is -2.40. The summed E-state index contributed by atoms with van der Waals surface area (Å²) in [6.45, 7) is 0. The molecular weight excluding hydrogens is 504 g/mol. The van der Waals surface area contributed by atoms with Gasteiger partial charge in [0.15, 0.2) is 16.8 Å². The average molecular weight is 535 g/mol. The zero-order valence-electron chi connectivity index (χ0n) is 21.8. The molecule has 7 rings (SSSR count). The quantitative estimate of drug-likeness (QED) is 0.332. The number of esters is 1. The lowest BCUT2D eigenvalue weighted by Gasteiger charge is -2.58. The molecule has 6 nitrogen and oxygen atoms in total. The highest BCUT2D eigenvalue weighted by Crippen LogP contribution is 2.74. The SMILES string of the molecule is O=C1OC23C(c4ccccc4)CC(O)C(O)(c4ccccc4)C2(O)C1(Cc1ccccc1)OC3c1ccccc1. The van der Waals surface area contributed by atoms with Crippen LogP contribution in [0.25, 0.3) is 0 Å². The Morgan fingerprint density at radius 2 is 1.25 bits per heavy atom. The summed E-state index contributed by atoms with van der Waals surface area (Å²) in [5, 5.41) is 38.1. The van der Waals surface area contributed by atoms with Gasteiger partial charge in [-0.05, 0) is 28.7 Å². The van der Waals surface area contributed by atoms with Crippen LogP contribution >= 0.6 is 0 Å². The number of carbonyl (C=O) groups is 1. The standard InChI is InChI=1S/C34H30O6/c35-28-21-27(24-15-7-2-8-16-24)33-29(25-17-9-3-10-18-25)39-31(30(36)40-33,22-23-13-5-1-6-14-23)34(33,38)32(28,37)26-19-11-4-12-20-26/h1-20,27-29,35,37-38H,21-22H2. The summed E-state index contributed by atoms with van der Waals surface area (Å²) in [7, 11) is 0. The van der Waals surface area contributed by atoms with Crippen molar-refractivity contribution < 1.29 is 29.6 Å². The van der Waals surface area contributed by atoms with Gasteiger partial charge in [0, 0.05) is 12.3 Å². The van der Waals surface area contributed by atoms with Crippen molar-refractivity contribution in [2.24, 2.45) is 0 Å². The van der Waals surface area contributed by atoms with Crippen molar-refractivity contribution in [3.63, 3.8) is 0 Å². The maximum atomic E-state index is 14.2. The van der Waals surface area contributed by atoms with E-state index in [1.165, 1.54) is 0 Å². The van der Waals surface area contributed by atoms with E-state index in [1.807, 2.05) is 91.0 Å². The van der Waals surface area contributed by atoms with E-state index >= 15 is 0 Å². The van der Waals surface area contributed by atoms with E-state index in [1.54, 1.807) is 30.3 Å². The molecule has 40 heavy (non-hydrogen) atoms. The number of aliphatic hydroxyl groups excluding tert-OH is 1. The lowest BCUT2D eigenvalue weighted by Crippen LogP contribution is -2.77. The lowest BCUT2D eigenvalue weighted by atomic mass is 9.50. The van der Waals surface area contributed by atoms with Crippen LogP contribution in [0.4, 0.5) is 0 Å². The number of rotatable bonds is 5. The van der Waals surface area contributed by atoms with Crippen molar-refractivity contribution in [2.45, 2.75) is 53.4 Å². The molecule has 0 radical (unpaired) electrons. The molecule has 3 N–H and O–H groups in total. The van der Waals surface area contributed by atoms with Gasteiger partial charge in [-0.25, -0.2) is 4.79 Å². The van der Waals surface area contributed by atoms with Crippen molar-refractivity contribution in [3.05, 3.63) is 144 Å². The Morgan fingerprint density at radius 1 is 0.725 bits per heavy atom. The van der Waals surface area contributed by atoms with Gasteiger partial charge < -0.3 is 24.8 Å². The molecule has 2 heterocycles. The van der Waals surface area contributed by atoms with Crippen molar-refractivity contribution in [3.8, 4) is 0 Å². The zero-order valence-corrected chi connectivity index (χ0v) is 21.8. The molecule has 3 fully saturated rings. The first-order valence-corrected chi connectivity index (χ1v) is 13.6. The monoisotopic (exact) mass is 534 g/mol. The van der Waals surface area contributed by atoms with Crippen LogP contribution in [0.5, 0.6) is 0 Å². The maximum absolute atomic E-state index is 14.2. The van der Waals surface area contributed by atoms with Crippen LogP contribution in [-0.4, -0.2) is 44.2 Å². The molecule has 2 aliphatic heterocycles. The van der Waals surface area contributed by atoms with Gasteiger partial charge in [-0.3, -0.25) is 0 Å². The fourth-order valence-corrected chi connectivity index (χ4v) is 7.59. The lowest BCUT2D eigenvalue weighted by molar-refractivity contribution is -0.292. The van der Waals surface area contributed by atoms with Crippen LogP contribution in [0.1, 0.15) is 40.7 Å². The largest absolute Gasteiger partial charge is 0.450 e. The fourth-order valence-electron chi connectivity index (χ4n) is 7.59. The highest BCUT2D eigenvalue weighted by molar-refractivity contribution is 5.89. The molecule has 0 amide bonds. The highest BCUT2D eigenvalue weighted by Gasteiger charge is 2.93. The molecule has 7 unspecified atom stereocenters. The van der Waals surface area contributed by atoms with Crippen LogP contribution in [0.15, 0.2) is 121 Å². The topological polar surface area (TPSA) is 96.2 Å². The minimum atomic E-state index is -2.39. The van der Waals surface area contributed by atoms with Crippen LogP contribution in [0.2, 0.25) is 0 Å². The van der Waals surface area contributed by atoms with Crippen LogP contribution < -0.4 is 0 Å². The molecule has 6 heteroatoms. The molecule has 7 atom stereocenters. The zero-order chi connectivity index (χ0) is 27.6. The second kappa shape index (κ2) is 8.85. The van der Waals surface area contributed by atoms with Gasteiger partial charge >= 0.3 is 5.97 Å². The summed E-state index contributed by atoms with van der Waals surface area (Å²) in [6, 6.07) is 36.6. The summed E-state index contributed by atoms with van der Waals surface area (Å²) >= 11 is 0. The van der Waals surface area contributed by atoms with Gasteiger partial charge in [0.1, 0.15) is 6.10 Å². The highest BCUT2D eigenvalue weighted by atomic mass is 16.7. The maximum Gasteiger partial charge on any atom is 0.342 e. The van der Waals surface area contributed by atoms with Gasteiger partial charge in [0.05, 0.1) is 6.10 Å². The fraction of sp³-hybridized carbons (Fsp3) is 0.265. The van der Waals surface area contributed by atoms with Gasteiger partial charge in [-0.15, -0.1) is 0 Å². The van der Waals surface area contributed by atoms with Gasteiger partial charge in [-0.1, -0.05) is 121 Å². The Balaban J connectivity index is 1.57. The Hall–Kier alpha value is -3.81. The molecule has 1 saturated carbocycles. The van der Waals surface area contributed by atoms with Crippen molar-refractivity contribution in [2.75, 3.05) is 0 Å². The van der Waals surface area contributed by atoms with Crippen LogP contribution in [0.3, 0.4) is 0 Å². The van der Waals surface area contributed by atoms with Gasteiger partial charge in [-0.2, -0.15) is 0 Å². The first-order valence-electron chi connectivity index (χ1n) is 13.6. The molecule has 1 aliphatic carbocycles. The molecule has 0 aromatic heterocycles. The van der Waals surface area contributed by atoms with E-state index in [0.29, 0.717) is 5.56 Å². The predicted molar refractivity (Wildman–Crippen MR) is 147 cm³/mol. The minimum absolute atomic E-state index is 0.0269. The third kappa shape index (κ3) is 2.99. The third-order valence-electron chi connectivity index (χ3n) is 9.27. The normalized spacial score (nSPS) is 36.2. The molecular formula is C34H30O6. The molecule has 3 aliphatic rings. The van der Waals surface area contributed by atoms with E-state index in [0.717, 1.165) is 11.1 Å². The van der Waals surface area contributed by atoms with Crippen molar-refractivity contribution in [1.82, 2.24) is 0 Å². The van der Waals surface area contributed by atoms with Crippen LogP contribution in [0, 0.1) is 0 Å². The minimum Gasteiger partial charge on any atom is -0.450 e. The molecule has 202 valence electrons. The summed E-state index contributed by atoms with van der Waals surface area (Å²) < 4.78 is 13.3. The number of hydrogen-bond donors (Lipinski definition) is 3. The molecule has 4 aromatic carbocycles. The van der Waals surface area contributed by atoms with Gasteiger partial charge in [0.25, 0.3) is 0 Å². The molecule has 4 aromatic rings. The summed E-state index contributed by atoms with van der Waals surface area (Å²) in [5.41, 5.74) is -5.98. The van der Waals surface area contributed by atoms with E-state index in [-0.39, 0.29) is 18.4 Å². The smallest absolute Gasteiger partial charge is 0.342 e. The van der Waals surface area contributed by atoms with E-state index in [2.05, 4.69) is 0 Å². The Kier molecular flexibility index (Phi) is 5.57. The second-order valence-electron chi connectivity index (χ2n) is 11.1. The molecule has 2 bridgehead atoms. The average Bonchev–Trinajstić information content (AvgIpc) is 3.34. The number of aliphatic hydroxyl groups is 3. The van der Waals surface area contributed by atoms with E-state index < -0.39 is 46.5 Å². The van der Waals surface area contributed by atoms with E-state index in [9.17, 15) is 20.1 Å². The number of carbonyl (C=O) groups excluding carboxylic acids is 1. The first kappa shape index (κ1) is 25.2. The first-order chi connectivity index (χ1) is 19.4. The van der Waals surface area contributed by atoms with Gasteiger partial charge in [0.2, 0.25) is 5.60 Å². The van der Waals surface area contributed by atoms with Crippen molar-refractivity contribution >= 4 is 5.97 Å². The molecule has 0 spiro atoms. The number of hydrogen-bond acceptors (Lipinski definition) is 6. The third-order valence-corrected chi connectivity index (χ3v) is 9.27. The second-order valence-corrected chi connectivity index (χ2v) is 11.1. The Morgan fingerprint density at radius 3 is 1.85 bits per heavy atom. The molecule has 2 saturated heterocycles. The van der Waals surface area contributed by atoms with Crippen LogP contribution in [-0.2, 0) is 26.3 Å². The predicted octanol–water partition coefficient (Wildman–Crippen LogP) is 4.20. The van der Waals surface area contributed by atoms with E-state index in [4.69, 9.17) is 9.47 Å². The summed E-state index contributed by atoms with van der Waals surface area (Å²) in [4.78, 5) is 14.2. The number of ether oxygens (including phenoxy) is 2. The summed E-state index contributed by atoms with van der Waals surface area (Å²) in [5.74, 6) is -1.44. The number of benzene rings is 4. The van der Waals surface area contributed by atoms with Crippen molar-refractivity contribution in [1.29, 1.82) is 0 Å².